The molecular formula is C37H53NO8. The van der Waals surface area contributed by atoms with Crippen molar-refractivity contribution in [1.82, 2.24) is 0 Å². The SMILES string of the molecule is CO/N=C1\C[C@]2(CC3C[C@@H](C/C=C(\C)C[C@@H](C)/C=C/C=C4\CO[C@@H]5[C@H](O)C(C)=C[C@@H](C(=O)O3)C45O)O2)O[C@H](/C(C)=C/C(C)C)[C@H]1C. The van der Waals surface area contributed by atoms with Gasteiger partial charge in [0.05, 0.1) is 24.5 Å². The Morgan fingerprint density at radius 1 is 1.20 bits per heavy atom. The standard InChI is InChI=1S/C37H53NO8/c1-21(2)14-25(6)33-26(7)31(38-42-8)19-36(46-33)18-29-17-28(45-36)13-12-23(4)15-22(3)10-9-11-27-20-43-34-32(39)24(5)16-30(35(40)44-29)37(27,34)41/h9-12,14,16,21-22,26,28-30,32-34,39,41H,13,15,17-20H2,1-8H3/b10-9+,23-12+,25-14+,27-11+,38-31+/t22-,26-,28+,29?,30-,32+,33+,34+,36-,37?/m0/s1. The molecule has 254 valence electrons. The van der Waals surface area contributed by atoms with Crippen LogP contribution in [0, 0.1) is 23.7 Å². The van der Waals surface area contributed by atoms with Crippen LogP contribution in [0.4, 0.5) is 0 Å². The molecule has 46 heavy (non-hydrogen) atoms. The van der Waals surface area contributed by atoms with E-state index in [0.29, 0.717) is 42.7 Å². The van der Waals surface area contributed by atoms with E-state index in [0.717, 1.165) is 17.7 Å². The maximum atomic E-state index is 14.2. The van der Waals surface area contributed by atoms with E-state index in [1.807, 2.05) is 12.2 Å². The van der Waals surface area contributed by atoms with Crippen LogP contribution in [0.3, 0.4) is 0 Å². The summed E-state index contributed by atoms with van der Waals surface area (Å²) in [4.78, 5) is 19.4. The molecule has 1 aliphatic carbocycles. The molecule has 2 N–H and O–H groups in total. The highest BCUT2D eigenvalue weighted by molar-refractivity contribution is 5.88. The fourth-order valence-corrected chi connectivity index (χ4v) is 7.94. The van der Waals surface area contributed by atoms with Crippen LogP contribution in [0.1, 0.15) is 80.6 Å². The molecule has 1 spiro atoms. The van der Waals surface area contributed by atoms with Gasteiger partial charge < -0.3 is 34.0 Å². The molecule has 5 aliphatic rings. The van der Waals surface area contributed by atoms with Crippen molar-refractivity contribution in [1.29, 1.82) is 0 Å². The second kappa shape index (κ2) is 13.9. The third-order valence-electron chi connectivity index (χ3n) is 10.1. The lowest BCUT2D eigenvalue weighted by molar-refractivity contribution is -0.313. The largest absolute Gasteiger partial charge is 0.462 e. The number of carbonyl (C=O) groups is 1. The quantitative estimate of drug-likeness (QED) is 0.229. The third kappa shape index (κ3) is 6.99. The van der Waals surface area contributed by atoms with Gasteiger partial charge in [-0.05, 0) is 62.2 Å². The third-order valence-corrected chi connectivity index (χ3v) is 10.1. The van der Waals surface area contributed by atoms with Gasteiger partial charge in [-0.1, -0.05) is 74.9 Å². The molecule has 3 fully saturated rings. The van der Waals surface area contributed by atoms with Crippen molar-refractivity contribution in [3.05, 3.63) is 58.7 Å². The van der Waals surface area contributed by atoms with Gasteiger partial charge in [0, 0.05) is 25.2 Å². The smallest absolute Gasteiger partial charge is 0.316 e. The zero-order chi connectivity index (χ0) is 33.4. The van der Waals surface area contributed by atoms with Gasteiger partial charge in [0.15, 0.2) is 5.79 Å². The predicted octanol–water partition coefficient (Wildman–Crippen LogP) is 5.73. The van der Waals surface area contributed by atoms with E-state index in [9.17, 15) is 15.0 Å². The Morgan fingerprint density at radius 3 is 2.67 bits per heavy atom. The van der Waals surface area contributed by atoms with Crippen molar-refractivity contribution >= 4 is 11.7 Å². The summed E-state index contributed by atoms with van der Waals surface area (Å²) in [5.74, 6) is -2.15. The normalized spacial score (nSPS) is 44.5. The second-order valence-corrected chi connectivity index (χ2v) is 14.5. The van der Waals surface area contributed by atoms with Gasteiger partial charge in [-0.25, -0.2) is 0 Å². The number of carbonyl (C=O) groups excluding carboxylic acids is 1. The van der Waals surface area contributed by atoms with Crippen LogP contribution in [-0.4, -0.2) is 77.5 Å². The Morgan fingerprint density at radius 2 is 1.96 bits per heavy atom. The molecule has 0 radical (unpaired) electrons. The highest BCUT2D eigenvalue weighted by Gasteiger charge is 2.60. The summed E-state index contributed by atoms with van der Waals surface area (Å²) in [6.07, 6.45) is 11.4. The van der Waals surface area contributed by atoms with Crippen molar-refractivity contribution in [3.8, 4) is 0 Å². The first-order valence-corrected chi connectivity index (χ1v) is 16.8. The fourth-order valence-electron chi connectivity index (χ4n) is 7.94. The Labute approximate surface area is 274 Å². The van der Waals surface area contributed by atoms with E-state index < -0.39 is 41.6 Å². The average molecular weight is 640 g/mol. The minimum Gasteiger partial charge on any atom is -0.462 e. The van der Waals surface area contributed by atoms with Crippen LogP contribution in [0.5, 0.6) is 0 Å². The van der Waals surface area contributed by atoms with Gasteiger partial charge in [0.2, 0.25) is 0 Å². The minimum absolute atomic E-state index is 0.0340. The molecule has 0 saturated carbocycles. The van der Waals surface area contributed by atoms with Crippen molar-refractivity contribution in [2.75, 3.05) is 13.7 Å². The lowest BCUT2D eigenvalue weighted by Gasteiger charge is -2.50. The van der Waals surface area contributed by atoms with Gasteiger partial charge in [-0.3, -0.25) is 4.79 Å². The van der Waals surface area contributed by atoms with Gasteiger partial charge >= 0.3 is 5.97 Å². The van der Waals surface area contributed by atoms with Crippen LogP contribution in [-0.2, 0) is 28.6 Å². The average Bonchev–Trinajstić information content (AvgIpc) is 3.31. The summed E-state index contributed by atoms with van der Waals surface area (Å²) in [7, 11) is 1.55. The molecule has 3 saturated heterocycles. The van der Waals surface area contributed by atoms with E-state index in [4.69, 9.17) is 23.8 Å². The summed E-state index contributed by atoms with van der Waals surface area (Å²) >= 11 is 0. The van der Waals surface area contributed by atoms with Crippen LogP contribution < -0.4 is 0 Å². The Hall–Kier alpha value is -2.56. The van der Waals surface area contributed by atoms with E-state index in [1.165, 1.54) is 5.57 Å². The van der Waals surface area contributed by atoms with Gasteiger partial charge in [0.1, 0.15) is 36.9 Å². The van der Waals surface area contributed by atoms with Crippen LogP contribution in [0.15, 0.2) is 63.9 Å². The molecule has 5 rings (SSSR count). The highest BCUT2D eigenvalue weighted by Crippen LogP contribution is 2.47. The lowest BCUT2D eigenvalue weighted by Crippen LogP contribution is -2.59. The first-order chi connectivity index (χ1) is 21.8. The molecular weight excluding hydrogens is 586 g/mol. The second-order valence-electron chi connectivity index (χ2n) is 14.5. The number of hydrogen-bond donors (Lipinski definition) is 2. The number of aliphatic hydroxyl groups is 2. The zero-order valence-electron chi connectivity index (χ0n) is 28.7. The van der Waals surface area contributed by atoms with E-state index in [-0.39, 0.29) is 30.7 Å². The summed E-state index contributed by atoms with van der Waals surface area (Å²) < 4.78 is 26.0. The Kier molecular flexibility index (Phi) is 10.5. The van der Waals surface area contributed by atoms with Gasteiger partial charge in [0.25, 0.3) is 0 Å². The topological polar surface area (TPSA) is 116 Å². The van der Waals surface area contributed by atoms with E-state index in [2.05, 4.69) is 64.9 Å². The monoisotopic (exact) mass is 639 g/mol. The zero-order valence-corrected chi connectivity index (χ0v) is 28.7. The molecule has 0 amide bonds. The van der Waals surface area contributed by atoms with Crippen molar-refractivity contribution < 1.29 is 38.8 Å². The molecule has 0 aromatic rings. The molecule has 0 aromatic heterocycles. The number of aliphatic hydroxyl groups excluding tert-OH is 1. The van der Waals surface area contributed by atoms with Crippen molar-refractivity contribution in [2.45, 2.75) is 122 Å². The van der Waals surface area contributed by atoms with Gasteiger partial charge in [-0.2, -0.15) is 0 Å². The number of nitrogens with zero attached hydrogens (tertiary/aromatic N) is 1. The maximum Gasteiger partial charge on any atom is 0.316 e. The molecule has 0 aromatic carbocycles. The molecule has 9 heteroatoms. The highest BCUT2D eigenvalue weighted by atomic mass is 16.7. The predicted molar refractivity (Wildman–Crippen MR) is 176 cm³/mol. The molecule has 4 heterocycles. The number of esters is 1. The number of oxime groups is 1. The molecule has 2 bridgehead atoms. The van der Waals surface area contributed by atoms with Crippen LogP contribution in [0.25, 0.3) is 0 Å². The van der Waals surface area contributed by atoms with Crippen LogP contribution in [0.2, 0.25) is 0 Å². The van der Waals surface area contributed by atoms with E-state index >= 15 is 0 Å². The maximum absolute atomic E-state index is 14.2. The summed E-state index contributed by atoms with van der Waals surface area (Å²) in [5.41, 5.74) is 2.54. The number of ether oxygens (including phenoxy) is 4. The Bertz CT molecular complexity index is 1340. The number of allylic oxidation sites excluding steroid dienone is 5. The van der Waals surface area contributed by atoms with Crippen molar-refractivity contribution in [2.24, 2.45) is 28.8 Å². The van der Waals surface area contributed by atoms with Gasteiger partial charge in [-0.15, -0.1) is 0 Å². The summed E-state index contributed by atoms with van der Waals surface area (Å²) in [5, 5.41) is 27.6. The number of rotatable bonds is 3. The summed E-state index contributed by atoms with van der Waals surface area (Å²) in [6.45, 7) is 14.6. The first kappa shape index (κ1) is 34.8. The van der Waals surface area contributed by atoms with E-state index in [1.54, 1.807) is 20.1 Å². The summed E-state index contributed by atoms with van der Waals surface area (Å²) in [6, 6.07) is 0. The van der Waals surface area contributed by atoms with Crippen molar-refractivity contribution in [3.63, 3.8) is 0 Å². The van der Waals surface area contributed by atoms with Crippen LogP contribution >= 0.6 is 0 Å². The first-order valence-electron chi connectivity index (χ1n) is 16.8. The molecule has 9 nitrogen and oxygen atoms in total. The number of hydrogen-bond acceptors (Lipinski definition) is 9. The lowest BCUT2D eigenvalue weighted by atomic mass is 9.71. The number of fused-ring (bicyclic) bond motifs is 2. The minimum atomic E-state index is -1.74. The molecule has 10 atom stereocenters. The Balaban J connectivity index is 1.55. The fraction of sp³-hybridized carbons (Fsp3) is 0.676. The molecule has 2 unspecified atom stereocenters. The molecule has 4 aliphatic heterocycles.